The van der Waals surface area contributed by atoms with Crippen LogP contribution in [0.2, 0.25) is 0 Å². The zero-order valence-electron chi connectivity index (χ0n) is 19.1. The van der Waals surface area contributed by atoms with Crippen molar-refractivity contribution in [1.29, 1.82) is 0 Å². The normalized spacial score (nSPS) is 16.2. The van der Waals surface area contributed by atoms with Crippen molar-refractivity contribution in [2.45, 2.75) is 25.2 Å². The number of ether oxygens (including phenoxy) is 1. The van der Waals surface area contributed by atoms with Gasteiger partial charge in [0, 0.05) is 25.4 Å². The van der Waals surface area contributed by atoms with Crippen molar-refractivity contribution in [2.75, 3.05) is 25.1 Å². The molecule has 0 bridgehead atoms. The molecule has 5 rings (SSSR count). The summed E-state index contributed by atoms with van der Waals surface area (Å²) in [6.45, 7) is 0.0376. The first kappa shape index (κ1) is 23.8. The van der Waals surface area contributed by atoms with Gasteiger partial charge in [0.15, 0.2) is 5.65 Å². The van der Waals surface area contributed by atoms with Gasteiger partial charge in [0.25, 0.3) is 0 Å². The van der Waals surface area contributed by atoms with Crippen molar-refractivity contribution in [1.82, 2.24) is 14.1 Å². The van der Waals surface area contributed by atoms with E-state index in [1.165, 1.54) is 57.7 Å². The molecule has 1 atom stereocenters. The van der Waals surface area contributed by atoms with Gasteiger partial charge in [-0.3, -0.25) is 9.13 Å². The predicted molar refractivity (Wildman–Crippen MR) is 123 cm³/mol. The van der Waals surface area contributed by atoms with Crippen molar-refractivity contribution < 1.29 is 26.7 Å². The van der Waals surface area contributed by atoms with Gasteiger partial charge in [-0.25, -0.2) is 18.6 Å². The van der Waals surface area contributed by atoms with Crippen LogP contribution in [0.3, 0.4) is 0 Å². The third kappa shape index (κ3) is 3.98. The Bertz CT molecular complexity index is 1470. The highest BCUT2D eigenvalue weighted by molar-refractivity contribution is 5.79. The number of imidazole rings is 1. The molecule has 2 aromatic heterocycles. The Labute approximate surface area is 202 Å². The minimum absolute atomic E-state index is 0.0847. The Morgan fingerprint density at radius 1 is 1.06 bits per heavy atom. The van der Waals surface area contributed by atoms with Crippen LogP contribution in [-0.4, -0.2) is 34.3 Å². The predicted octanol–water partition coefficient (Wildman–Crippen LogP) is 5.00. The van der Waals surface area contributed by atoms with Gasteiger partial charge < -0.3 is 9.64 Å². The van der Waals surface area contributed by atoms with Crippen molar-refractivity contribution >= 4 is 16.9 Å². The lowest BCUT2D eigenvalue weighted by atomic mass is 10.1. The lowest BCUT2D eigenvalue weighted by Gasteiger charge is -2.20. The van der Waals surface area contributed by atoms with Crippen LogP contribution in [0.5, 0.6) is 5.75 Å². The molecule has 36 heavy (non-hydrogen) atoms. The van der Waals surface area contributed by atoms with Gasteiger partial charge in [0.1, 0.15) is 28.6 Å². The van der Waals surface area contributed by atoms with Crippen LogP contribution in [0.25, 0.3) is 11.2 Å². The number of aromatic nitrogens is 3. The van der Waals surface area contributed by atoms with E-state index >= 15 is 0 Å². The number of nitrogens with zero attached hydrogens (tertiary/aromatic N) is 4. The molecule has 1 aliphatic rings. The van der Waals surface area contributed by atoms with Crippen LogP contribution < -0.4 is 15.3 Å². The maximum Gasteiger partial charge on any atom is 0.416 e. The fourth-order valence-corrected chi connectivity index (χ4v) is 4.86. The van der Waals surface area contributed by atoms with Crippen LogP contribution in [-0.2, 0) is 12.7 Å². The summed E-state index contributed by atoms with van der Waals surface area (Å²) in [6, 6.07) is 9.65. The monoisotopic (exact) mass is 504 g/mol. The SMILES string of the molecule is COc1ccnc2c1n(Cc1ccccc1C(F)(F)F)c(=O)n2C1CCN(c2c(F)cccc2F)C1. The van der Waals surface area contributed by atoms with Gasteiger partial charge in [-0.05, 0) is 30.2 Å². The number of fused-ring (bicyclic) bond motifs is 1. The average molecular weight is 504 g/mol. The average Bonchev–Trinajstić information content (AvgIpc) is 3.41. The molecule has 0 radical (unpaired) electrons. The summed E-state index contributed by atoms with van der Waals surface area (Å²) in [5.74, 6) is -1.15. The first-order valence-corrected chi connectivity index (χ1v) is 11.2. The highest BCUT2D eigenvalue weighted by Gasteiger charge is 2.35. The second kappa shape index (κ2) is 8.96. The Hall–Kier alpha value is -3.89. The number of rotatable bonds is 5. The van der Waals surface area contributed by atoms with Gasteiger partial charge in [0.2, 0.25) is 0 Å². The van der Waals surface area contributed by atoms with Crippen LogP contribution in [0, 0.1) is 11.6 Å². The van der Waals surface area contributed by atoms with Crippen LogP contribution in [0.15, 0.2) is 59.5 Å². The molecule has 188 valence electrons. The fraction of sp³-hybridized carbons (Fsp3) is 0.280. The van der Waals surface area contributed by atoms with Gasteiger partial charge in [-0.15, -0.1) is 0 Å². The molecule has 1 fully saturated rings. The highest BCUT2D eigenvalue weighted by Crippen LogP contribution is 2.35. The smallest absolute Gasteiger partial charge is 0.416 e. The molecule has 2 aromatic carbocycles. The lowest BCUT2D eigenvalue weighted by molar-refractivity contribution is -0.138. The molecule has 4 aromatic rings. The van der Waals surface area contributed by atoms with E-state index in [9.17, 15) is 26.7 Å². The number of hydrogen-bond donors (Lipinski definition) is 0. The summed E-state index contributed by atoms with van der Waals surface area (Å²) in [5, 5.41) is 0. The van der Waals surface area contributed by atoms with E-state index in [0.717, 1.165) is 18.2 Å². The van der Waals surface area contributed by atoms with E-state index in [1.807, 2.05) is 0 Å². The molecule has 3 heterocycles. The van der Waals surface area contributed by atoms with E-state index in [0.29, 0.717) is 6.42 Å². The quantitative estimate of drug-likeness (QED) is 0.359. The van der Waals surface area contributed by atoms with Crippen molar-refractivity contribution in [3.05, 3.63) is 88.0 Å². The third-order valence-electron chi connectivity index (χ3n) is 6.46. The fourth-order valence-electron chi connectivity index (χ4n) is 4.86. The lowest BCUT2D eigenvalue weighted by Crippen LogP contribution is -2.30. The maximum absolute atomic E-state index is 14.4. The van der Waals surface area contributed by atoms with Crippen LogP contribution in [0.1, 0.15) is 23.6 Å². The minimum atomic E-state index is -4.60. The first-order chi connectivity index (χ1) is 17.2. The molecule has 1 unspecified atom stereocenters. The van der Waals surface area contributed by atoms with Gasteiger partial charge in [0.05, 0.1) is 25.3 Å². The highest BCUT2D eigenvalue weighted by atomic mass is 19.4. The standard InChI is InChI=1S/C25H21F5N4O2/c1-36-20-9-11-31-23-22(20)33(13-15-5-2-3-6-17(15)25(28,29)30)24(35)34(23)16-10-12-32(14-16)21-18(26)7-4-8-19(21)27/h2-9,11,16H,10,12-14H2,1H3. The molecule has 0 spiro atoms. The number of pyridine rings is 1. The summed E-state index contributed by atoms with van der Waals surface area (Å²) in [5.41, 5.74) is -1.22. The van der Waals surface area contributed by atoms with Crippen molar-refractivity contribution in [3.63, 3.8) is 0 Å². The second-order valence-corrected chi connectivity index (χ2v) is 8.54. The molecule has 0 amide bonds. The number of alkyl halides is 3. The van der Waals surface area contributed by atoms with E-state index in [2.05, 4.69) is 4.98 Å². The van der Waals surface area contributed by atoms with E-state index < -0.39 is 35.1 Å². The largest absolute Gasteiger partial charge is 0.494 e. The van der Waals surface area contributed by atoms with Crippen molar-refractivity contribution in [3.8, 4) is 5.75 Å². The number of hydrogen-bond acceptors (Lipinski definition) is 4. The van der Waals surface area contributed by atoms with Gasteiger partial charge >= 0.3 is 11.9 Å². The summed E-state index contributed by atoms with van der Waals surface area (Å²) >= 11 is 0. The minimum Gasteiger partial charge on any atom is -0.494 e. The molecule has 11 heteroatoms. The Morgan fingerprint density at radius 3 is 2.47 bits per heavy atom. The molecular formula is C25H21F5N4O2. The molecular weight excluding hydrogens is 483 g/mol. The van der Waals surface area contributed by atoms with E-state index in [4.69, 9.17) is 4.74 Å². The number of para-hydroxylation sites is 1. The molecule has 1 saturated heterocycles. The summed E-state index contributed by atoms with van der Waals surface area (Å²) in [6.07, 6.45) is -2.78. The molecule has 0 saturated carbocycles. The van der Waals surface area contributed by atoms with Gasteiger partial charge in [-0.1, -0.05) is 24.3 Å². The van der Waals surface area contributed by atoms with Crippen LogP contribution in [0.4, 0.5) is 27.6 Å². The maximum atomic E-state index is 14.4. The zero-order chi connectivity index (χ0) is 25.6. The number of benzene rings is 2. The topological polar surface area (TPSA) is 52.3 Å². The first-order valence-electron chi connectivity index (χ1n) is 11.2. The molecule has 0 aliphatic carbocycles. The molecule has 1 aliphatic heterocycles. The second-order valence-electron chi connectivity index (χ2n) is 8.54. The van der Waals surface area contributed by atoms with Crippen LogP contribution >= 0.6 is 0 Å². The van der Waals surface area contributed by atoms with Crippen molar-refractivity contribution in [2.24, 2.45) is 0 Å². The van der Waals surface area contributed by atoms with E-state index in [1.54, 1.807) is 0 Å². The Balaban J connectivity index is 1.61. The zero-order valence-corrected chi connectivity index (χ0v) is 19.1. The summed E-state index contributed by atoms with van der Waals surface area (Å²) in [7, 11) is 1.39. The number of halogens is 5. The number of anilines is 1. The number of methoxy groups -OCH3 is 1. The Kier molecular flexibility index (Phi) is 5.93. The molecule has 6 nitrogen and oxygen atoms in total. The third-order valence-corrected chi connectivity index (χ3v) is 6.46. The summed E-state index contributed by atoms with van der Waals surface area (Å²) in [4.78, 5) is 19.5. The van der Waals surface area contributed by atoms with E-state index in [-0.39, 0.29) is 47.8 Å². The van der Waals surface area contributed by atoms with Gasteiger partial charge in [-0.2, -0.15) is 13.2 Å². The molecule has 0 N–H and O–H groups in total. The Morgan fingerprint density at radius 2 is 1.78 bits per heavy atom. The summed E-state index contributed by atoms with van der Waals surface area (Å²) < 4.78 is 77.6.